The maximum Gasteiger partial charge on any atom is 0.287 e. The van der Waals surface area contributed by atoms with Crippen LogP contribution in [0.2, 0.25) is 0 Å². The van der Waals surface area contributed by atoms with E-state index in [2.05, 4.69) is 6.92 Å². The molecule has 0 N–H and O–H groups in total. The molecule has 1 rings (SSSR count). The molecule has 0 aliphatic heterocycles. The Kier molecular flexibility index (Phi) is 4.93. The van der Waals surface area contributed by atoms with E-state index < -0.39 is 0 Å². The molecule has 0 aliphatic carbocycles. The molecule has 1 aromatic carbocycles. The standard InChI is InChI=1S/C11H14INO/c1-2-3-9-13(11(12)14)10-7-5-4-6-8-10/h4-8H,2-3,9H2,1H3. The van der Waals surface area contributed by atoms with E-state index in [4.69, 9.17) is 0 Å². The predicted molar refractivity (Wildman–Crippen MR) is 68.1 cm³/mol. The SMILES string of the molecule is CCCCN(C(=O)I)c1ccccc1. The summed E-state index contributed by atoms with van der Waals surface area (Å²) >= 11 is 1.83. The maximum atomic E-state index is 11.4. The lowest BCUT2D eigenvalue weighted by Gasteiger charge is -2.19. The molecule has 0 heterocycles. The number of unbranched alkanes of at least 4 members (excludes halogenated alkanes) is 1. The zero-order chi connectivity index (χ0) is 10.4. The molecule has 0 saturated heterocycles. The monoisotopic (exact) mass is 303 g/mol. The van der Waals surface area contributed by atoms with Gasteiger partial charge in [-0.3, -0.25) is 4.79 Å². The van der Waals surface area contributed by atoms with Crippen molar-refractivity contribution in [3.05, 3.63) is 30.3 Å². The third-order valence-corrected chi connectivity index (χ3v) is 2.60. The Morgan fingerprint density at radius 3 is 2.50 bits per heavy atom. The van der Waals surface area contributed by atoms with Gasteiger partial charge in [0.1, 0.15) is 0 Å². The van der Waals surface area contributed by atoms with Gasteiger partial charge < -0.3 is 4.90 Å². The number of nitrogens with zero attached hydrogens (tertiary/aromatic N) is 1. The van der Waals surface area contributed by atoms with Gasteiger partial charge in [0.05, 0.1) is 0 Å². The molecule has 1 amide bonds. The molecule has 76 valence electrons. The molecule has 0 fully saturated rings. The van der Waals surface area contributed by atoms with Gasteiger partial charge in [0.15, 0.2) is 0 Å². The molecule has 0 aromatic heterocycles. The lowest BCUT2D eigenvalue weighted by atomic mass is 10.2. The van der Waals surface area contributed by atoms with Gasteiger partial charge >= 0.3 is 0 Å². The van der Waals surface area contributed by atoms with Crippen LogP contribution in [0.4, 0.5) is 10.5 Å². The summed E-state index contributed by atoms with van der Waals surface area (Å²) in [6.07, 6.45) is 2.15. The van der Waals surface area contributed by atoms with Crippen LogP contribution in [-0.4, -0.2) is 10.5 Å². The third-order valence-electron chi connectivity index (χ3n) is 2.02. The molecule has 0 atom stereocenters. The Morgan fingerprint density at radius 2 is 2.00 bits per heavy atom. The first-order valence-corrected chi connectivity index (χ1v) is 5.85. The van der Waals surface area contributed by atoms with Crippen LogP contribution in [0.25, 0.3) is 0 Å². The van der Waals surface area contributed by atoms with Crippen LogP contribution in [0.1, 0.15) is 19.8 Å². The smallest absolute Gasteiger partial charge is 0.287 e. The minimum atomic E-state index is 0.0854. The number of halogens is 1. The average molecular weight is 303 g/mol. The Hall–Kier alpha value is -0.580. The summed E-state index contributed by atoms with van der Waals surface area (Å²) < 4.78 is 0.0854. The van der Waals surface area contributed by atoms with Crippen LogP contribution in [0.3, 0.4) is 0 Å². The van der Waals surface area contributed by atoms with Crippen molar-refractivity contribution in [2.24, 2.45) is 0 Å². The molecule has 0 spiro atoms. The van der Waals surface area contributed by atoms with E-state index in [0.717, 1.165) is 25.1 Å². The van der Waals surface area contributed by atoms with Crippen molar-refractivity contribution in [3.63, 3.8) is 0 Å². The van der Waals surface area contributed by atoms with Gasteiger partial charge in [0.2, 0.25) is 0 Å². The molecule has 2 nitrogen and oxygen atoms in total. The highest BCUT2D eigenvalue weighted by Gasteiger charge is 2.10. The molecule has 0 aliphatic rings. The van der Waals surface area contributed by atoms with Gasteiger partial charge in [0, 0.05) is 34.8 Å². The van der Waals surface area contributed by atoms with Crippen LogP contribution in [0, 0.1) is 0 Å². The number of para-hydroxylation sites is 1. The quantitative estimate of drug-likeness (QED) is 0.470. The van der Waals surface area contributed by atoms with E-state index in [1.165, 1.54) is 0 Å². The number of carbonyl (C=O) groups excluding carboxylic acids is 1. The van der Waals surface area contributed by atoms with Gasteiger partial charge in [-0.05, 0) is 18.6 Å². The first kappa shape index (κ1) is 11.5. The van der Waals surface area contributed by atoms with E-state index in [0.29, 0.717) is 0 Å². The summed E-state index contributed by atoms with van der Waals surface area (Å²) in [5.74, 6) is 0. The van der Waals surface area contributed by atoms with Crippen molar-refractivity contribution in [2.45, 2.75) is 19.8 Å². The molecule has 3 heteroatoms. The lowest BCUT2D eigenvalue weighted by Crippen LogP contribution is -2.26. The van der Waals surface area contributed by atoms with Crippen LogP contribution in [-0.2, 0) is 0 Å². The topological polar surface area (TPSA) is 20.3 Å². The lowest BCUT2D eigenvalue weighted by molar-refractivity contribution is 0.267. The zero-order valence-corrected chi connectivity index (χ0v) is 10.4. The van der Waals surface area contributed by atoms with E-state index in [1.807, 2.05) is 57.8 Å². The van der Waals surface area contributed by atoms with Gasteiger partial charge in [-0.1, -0.05) is 31.5 Å². The fourth-order valence-corrected chi connectivity index (χ4v) is 1.76. The third kappa shape index (κ3) is 3.29. The van der Waals surface area contributed by atoms with Crippen LogP contribution < -0.4 is 4.90 Å². The minimum Gasteiger partial charge on any atom is -0.304 e. The maximum absolute atomic E-state index is 11.4. The van der Waals surface area contributed by atoms with Crippen molar-refractivity contribution >= 4 is 32.2 Å². The highest BCUT2D eigenvalue weighted by atomic mass is 127. The Bertz CT molecular complexity index is 287. The largest absolute Gasteiger partial charge is 0.304 e. The van der Waals surface area contributed by atoms with Gasteiger partial charge in [0.25, 0.3) is 3.91 Å². The van der Waals surface area contributed by atoms with E-state index in [9.17, 15) is 4.79 Å². The molecule has 0 bridgehead atoms. The van der Waals surface area contributed by atoms with Crippen molar-refractivity contribution in [2.75, 3.05) is 11.4 Å². The number of hydrogen-bond acceptors (Lipinski definition) is 1. The van der Waals surface area contributed by atoms with Crippen molar-refractivity contribution in [1.82, 2.24) is 0 Å². The van der Waals surface area contributed by atoms with E-state index >= 15 is 0 Å². The van der Waals surface area contributed by atoms with Crippen LogP contribution >= 0.6 is 22.6 Å². The number of carbonyl (C=O) groups is 1. The normalized spacial score (nSPS) is 9.86. The fourth-order valence-electron chi connectivity index (χ4n) is 1.24. The number of hydrogen-bond donors (Lipinski definition) is 0. The average Bonchev–Trinajstić information content (AvgIpc) is 2.19. The number of rotatable bonds is 4. The summed E-state index contributed by atoms with van der Waals surface area (Å²) in [7, 11) is 0. The second-order valence-corrected chi connectivity index (χ2v) is 4.02. The number of benzene rings is 1. The second-order valence-electron chi connectivity index (χ2n) is 3.09. The highest BCUT2D eigenvalue weighted by Crippen LogP contribution is 2.16. The van der Waals surface area contributed by atoms with E-state index in [1.54, 1.807) is 0 Å². The number of anilines is 1. The highest BCUT2D eigenvalue weighted by molar-refractivity contribution is 14.1. The summed E-state index contributed by atoms with van der Waals surface area (Å²) in [5.41, 5.74) is 0.986. The van der Waals surface area contributed by atoms with Gasteiger partial charge in [-0.15, -0.1) is 0 Å². The Labute approximate surface area is 98.4 Å². The van der Waals surface area contributed by atoms with Gasteiger partial charge in [-0.25, -0.2) is 0 Å². The summed E-state index contributed by atoms with van der Waals surface area (Å²) in [6, 6.07) is 9.79. The molecule has 0 saturated carbocycles. The summed E-state index contributed by atoms with van der Waals surface area (Å²) in [4.78, 5) is 13.2. The van der Waals surface area contributed by atoms with E-state index in [-0.39, 0.29) is 3.91 Å². The summed E-state index contributed by atoms with van der Waals surface area (Å²) in [6.45, 7) is 2.93. The molecule has 0 unspecified atom stereocenters. The fraction of sp³-hybridized carbons (Fsp3) is 0.364. The second kappa shape index (κ2) is 6.01. The first-order valence-electron chi connectivity index (χ1n) is 4.77. The zero-order valence-electron chi connectivity index (χ0n) is 8.24. The molecule has 14 heavy (non-hydrogen) atoms. The molecule has 0 radical (unpaired) electrons. The Morgan fingerprint density at radius 1 is 1.36 bits per heavy atom. The van der Waals surface area contributed by atoms with Crippen molar-refractivity contribution in [1.29, 1.82) is 0 Å². The van der Waals surface area contributed by atoms with Crippen molar-refractivity contribution < 1.29 is 4.79 Å². The van der Waals surface area contributed by atoms with Crippen molar-refractivity contribution in [3.8, 4) is 0 Å². The molecule has 1 aromatic rings. The number of amides is 1. The predicted octanol–water partition coefficient (Wildman–Crippen LogP) is 3.85. The molecular formula is C11H14INO. The van der Waals surface area contributed by atoms with Crippen LogP contribution in [0.5, 0.6) is 0 Å². The summed E-state index contributed by atoms with van der Waals surface area (Å²) in [5, 5.41) is 0. The van der Waals surface area contributed by atoms with Gasteiger partial charge in [-0.2, -0.15) is 0 Å². The minimum absolute atomic E-state index is 0.0854. The molecular weight excluding hydrogens is 289 g/mol. The van der Waals surface area contributed by atoms with Crippen LogP contribution in [0.15, 0.2) is 30.3 Å². The first-order chi connectivity index (χ1) is 6.75. The Balaban J connectivity index is 2.73.